The fourth-order valence-corrected chi connectivity index (χ4v) is 4.18. The summed E-state index contributed by atoms with van der Waals surface area (Å²) in [7, 11) is -3.20. The van der Waals surface area contributed by atoms with Gasteiger partial charge in [-0.1, -0.05) is 19.3 Å². The molecule has 0 aromatic heterocycles. The van der Waals surface area contributed by atoms with Gasteiger partial charge in [0.1, 0.15) is 0 Å². The summed E-state index contributed by atoms with van der Waals surface area (Å²) in [5.41, 5.74) is 0. The van der Waals surface area contributed by atoms with Crippen LogP contribution in [-0.4, -0.2) is 56.3 Å². The van der Waals surface area contributed by atoms with Gasteiger partial charge in [-0.2, -0.15) is 17.0 Å². The summed E-state index contributed by atoms with van der Waals surface area (Å²) in [6.07, 6.45) is 5.58. The van der Waals surface area contributed by atoms with Crippen molar-refractivity contribution in [1.29, 1.82) is 0 Å². The van der Waals surface area contributed by atoms with E-state index >= 15 is 0 Å². The molecule has 2 aliphatic heterocycles. The average Bonchev–Trinajstić information content (AvgIpc) is 2.29. The predicted octanol–water partition coefficient (Wildman–Crippen LogP) is 0.403. The maximum Gasteiger partial charge on any atom is 0.282 e. The van der Waals surface area contributed by atoms with Crippen LogP contribution in [0.15, 0.2) is 0 Å². The molecular formula is C11H23N3O2S. The highest BCUT2D eigenvalue weighted by molar-refractivity contribution is 7.86. The Labute approximate surface area is 104 Å². The lowest BCUT2D eigenvalue weighted by molar-refractivity contribution is 0.297. The summed E-state index contributed by atoms with van der Waals surface area (Å²) >= 11 is 0. The van der Waals surface area contributed by atoms with Gasteiger partial charge in [-0.05, 0) is 12.8 Å². The normalized spacial score (nSPS) is 26.4. The van der Waals surface area contributed by atoms with E-state index in [4.69, 9.17) is 0 Å². The van der Waals surface area contributed by atoms with E-state index in [9.17, 15) is 8.42 Å². The van der Waals surface area contributed by atoms with Gasteiger partial charge in [0.15, 0.2) is 0 Å². The number of piperazine rings is 1. The van der Waals surface area contributed by atoms with Gasteiger partial charge < -0.3 is 5.32 Å². The molecule has 2 aliphatic rings. The first-order valence-corrected chi connectivity index (χ1v) is 8.07. The Hall–Kier alpha value is -0.170. The molecular weight excluding hydrogens is 238 g/mol. The highest BCUT2D eigenvalue weighted by atomic mass is 32.2. The van der Waals surface area contributed by atoms with Crippen LogP contribution < -0.4 is 5.32 Å². The molecule has 2 heterocycles. The van der Waals surface area contributed by atoms with Crippen molar-refractivity contribution in [1.82, 2.24) is 13.9 Å². The average molecular weight is 261 g/mol. The minimum atomic E-state index is -3.20. The molecule has 0 atom stereocenters. The maximum atomic E-state index is 12.4. The van der Waals surface area contributed by atoms with Crippen LogP contribution in [0.3, 0.4) is 0 Å². The van der Waals surface area contributed by atoms with Crippen molar-refractivity contribution in [3.63, 3.8) is 0 Å². The van der Waals surface area contributed by atoms with Crippen molar-refractivity contribution in [2.45, 2.75) is 32.1 Å². The van der Waals surface area contributed by atoms with E-state index in [1.54, 1.807) is 8.61 Å². The summed E-state index contributed by atoms with van der Waals surface area (Å²) in [6, 6.07) is 0. The summed E-state index contributed by atoms with van der Waals surface area (Å²) in [4.78, 5) is 0. The Balaban J connectivity index is 2.01. The third kappa shape index (κ3) is 3.40. The molecule has 0 amide bonds. The SMILES string of the molecule is O=S(=O)(N1CCCCCCC1)N1CCNCC1. The molecule has 17 heavy (non-hydrogen) atoms. The molecule has 0 unspecified atom stereocenters. The first-order chi connectivity index (χ1) is 8.21. The molecule has 0 bridgehead atoms. The zero-order valence-corrected chi connectivity index (χ0v) is 11.2. The van der Waals surface area contributed by atoms with Gasteiger partial charge in [-0.25, -0.2) is 0 Å². The molecule has 0 spiro atoms. The summed E-state index contributed by atoms with van der Waals surface area (Å²) in [5, 5.41) is 3.19. The smallest absolute Gasteiger partial charge is 0.282 e. The number of rotatable bonds is 2. The number of nitrogens with zero attached hydrogens (tertiary/aromatic N) is 2. The summed E-state index contributed by atoms with van der Waals surface area (Å²) in [6.45, 7) is 4.16. The minimum Gasteiger partial charge on any atom is -0.314 e. The molecule has 2 rings (SSSR count). The summed E-state index contributed by atoms with van der Waals surface area (Å²) in [5.74, 6) is 0. The number of hydrogen-bond acceptors (Lipinski definition) is 3. The van der Waals surface area contributed by atoms with Crippen LogP contribution in [0.4, 0.5) is 0 Å². The van der Waals surface area contributed by atoms with E-state index in [0.29, 0.717) is 26.2 Å². The van der Waals surface area contributed by atoms with E-state index in [1.165, 1.54) is 6.42 Å². The van der Waals surface area contributed by atoms with Crippen molar-refractivity contribution in [2.24, 2.45) is 0 Å². The number of hydrogen-bond donors (Lipinski definition) is 1. The molecule has 1 N–H and O–H groups in total. The zero-order valence-electron chi connectivity index (χ0n) is 10.4. The lowest BCUT2D eigenvalue weighted by Gasteiger charge is -2.33. The monoisotopic (exact) mass is 261 g/mol. The second kappa shape index (κ2) is 6.13. The largest absolute Gasteiger partial charge is 0.314 e. The zero-order chi connectivity index (χ0) is 12.1. The van der Waals surface area contributed by atoms with Crippen molar-refractivity contribution < 1.29 is 8.42 Å². The molecule has 2 saturated heterocycles. The minimum absolute atomic E-state index is 0.610. The highest BCUT2D eigenvalue weighted by Crippen LogP contribution is 2.16. The molecule has 0 aromatic rings. The lowest BCUT2D eigenvalue weighted by atomic mass is 10.1. The van der Waals surface area contributed by atoms with Gasteiger partial charge in [-0.15, -0.1) is 0 Å². The Morgan fingerprint density at radius 3 is 1.76 bits per heavy atom. The Bertz CT molecular complexity index is 318. The molecule has 6 heteroatoms. The van der Waals surface area contributed by atoms with Crippen molar-refractivity contribution in [3.05, 3.63) is 0 Å². The van der Waals surface area contributed by atoms with E-state index in [2.05, 4.69) is 5.32 Å². The fraction of sp³-hybridized carbons (Fsp3) is 1.00. The van der Waals surface area contributed by atoms with Gasteiger partial charge in [0.2, 0.25) is 0 Å². The molecule has 0 aliphatic carbocycles. The van der Waals surface area contributed by atoms with Gasteiger partial charge in [0, 0.05) is 39.3 Å². The van der Waals surface area contributed by atoms with E-state index < -0.39 is 10.2 Å². The quantitative estimate of drug-likeness (QED) is 0.783. The molecule has 100 valence electrons. The van der Waals surface area contributed by atoms with Gasteiger partial charge in [-0.3, -0.25) is 0 Å². The van der Waals surface area contributed by atoms with Crippen LogP contribution >= 0.6 is 0 Å². The third-order valence-electron chi connectivity index (χ3n) is 3.54. The highest BCUT2D eigenvalue weighted by Gasteiger charge is 2.30. The second-order valence-electron chi connectivity index (χ2n) is 4.82. The van der Waals surface area contributed by atoms with E-state index in [1.807, 2.05) is 0 Å². The van der Waals surface area contributed by atoms with Crippen molar-refractivity contribution in [3.8, 4) is 0 Å². The molecule has 0 aromatic carbocycles. The van der Waals surface area contributed by atoms with Gasteiger partial charge in [0.05, 0.1) is 0 Å². The predicted molar refractivity (Wildman–Crippen MR) is 68.0 cm³/mol. The molecule has 0 saturated carbocycles. The van der Waals surface area contributed by atoms with Crippen LogP contribution in [0.2, 0.25) is 0 Å². The van der Waals surface area contributed by atoms with Crippen LogP contribution in [0, 0.1) is 0 Å². The van der Waals surface area contributed by atoms with Crippen molar-refractivity contribution >= 4 is 10.2 Å². The van der Waals surface area contributed by atoms with E-state index in [0.717, 1.165) is 38.8 Å². The Morgan fingerprint density at radius 1 is 0.706 bits per heavy atom. The first kappa shape index (κ1) is 13.3. The van der Waals surface area contributed by atoms with Crippen LogP contribution in [0.5, 0.6) is 0 Å². The first-order valence-electron chi connectivity index (χ1n) is 6.67. The summed E-state index contributed by atoms with van der Waals surface area (Å²) < 4.78 is 28.2. The fourth-order valence-electron chi connectivity index (χ4n) is 2.49. The van der Waals surface area contributed by atoms with Gasteiger partial charge in [0.25, 0.3) is 10.2 Å². The Morgan fingerprint density at radius 2 is 1.18 bits per heavy atom. The van der Waals surface area contributed by atoms with Gasteiger partial charge >= 0.3 is 0 Å². The standard InChI is InChI=1S/C11H23N3O2S/c15-17(16,14-10-6-12-7-11-14)13-8-4-2-1-3-5-9-13/h12H,1-11H2. The topological polar surface area (TPSA) is 52.7 Å². The Kier molecular flexibility index (Phi) is 4.78. The molecule has 2 fully saturated rings. The third-order valence-corrected chi connectivity index (χ3v) is 5.58. The van der Waals surface area contributed by atoms with Crippen LogP contribution in [0.25, 0.3) is 0 Å². The molecule has 5 nitrogen and oxygen atoms in total. The maximum absolute atomic E-state index is 12.4. The van der Waals surface area contributed by atoms with Crippen molar-refractivity contribution in [2.75, 3.05) is 39.3 Å². The lowest BCUT2D eigenvalue weighted by Crippen LogP contribution is -2.52. The number of nitrogens with one attached hydrogen (secondary N) is 1. The van der Waals surface area contributed by atoms with Crippen LogP contribution in [-0.2, 0) is 10.2 Å². The molecule has 0 radical (unpaired) electrons. The van der Waals surface area contributed by atoms with Crippen LogP contribution in [0.1, 0.15) is 32.1 Å². The second-order valence-corrected chi connectivity index (χ2v) is 6.75. The van der Waals surface area contributed by atoms with E-state index in [-0.39, 0.29) is 0 Å².